The Morgan fingerprint density at radius 1 is 0.912 bits per heavy atom. The quantitative estimate of drug-likeness (QED) is 0.456. The lowest BCUT2D eigenvalue weighted by Gasteiger charge is -2.36. The van der Waals surface area contributed by atoms with E-state index in [0.29, 0.717) is 19.5 Å². The van der Waals surface area contributed by atoms with Crippen LogP contribution in [-0.4, -0.2) is 56.7 Å². The highest BCUT2D eigenvalue weighted by Gasteiger charge is 2.27. The van der Waals surface area contributed by atoms with Crippen molar-refractivity contribution < 1.29 is 4.79 Å². The van der Waals surface area contributed by atoms with Gasteiger partial charge in [0.2, 0.25) is 5.91 Å². The van der Waals surface area contributed by atoms with E-state index < -0.39 is 0 Å². The molecule has 0 saturated carbocycles. The molecule has 34 heavy (non-hydrogen) atoms. The van der Waals surface area contributed by atoms with Crippen LogP contribution in [0.4, 0.5) is 5.82 Å². The van der Waals surface area contributed by atoms with E-state index in [2.05, 4.69) is 17.0 Å². The molecule has 1 saturated heterocycles. The first-order chi connectivity index (χ1) is 16.5. The van der Waals surface area contributed by atoms with Crippen molar-refractivity contribution in [3.63, 3.8) is 0 Å². The molecule has 0 unspecified atom stereocenters. The van der Waals surface area contributed by atoms with Gasteiger partial charge < -0.3 is 9.80 Å². The maximum atomic E-state index is 12.5. The summed E-state index contributed by atoms with van der Waals surface area (Å²) in [7, 11) is 0. The molecular weight excluding hydrogens is 424 g/mol. The molecule has 1 aliphatic rings. The fourth-order valence-corrected chi connectivity index (χ4v) is 4.54. The number of anilines is 1. The van der Waals surface area contributed by atoms with E-state index in [1.54, 1.807) is 0 Å². The number of aromatic nitrogens is 4. The van der Waals surface area contributed by atoms with Gasteiger partial charge in [-0.15, -0.1) is 0 Å². The Hall–Kier alpha value is -3.74. The number of carbonyl (C=O) groups excluding carboxylic acids is 1. The van der Waals surface area contributed by atoms with Crippen molar-refractivity contribution in [2.45, 2.75) is 27.2 Å². The van der Waals surface area contributed by atoms with Gasteiger partial charge in [-0.05, 0) is 24.6 Å². The van der Waals surface area contributed by atoms with Crippen molar-refractivity contribution >= 4 is 22.8 Å². The molecule has 7 heteroatoms. The summed E-state index contributed by atoms with van der Waals surface area (Å²) in [5.74, 6) is 1.91. The van der Waals surface area contributed by atoms with Gasteiger partial charge in [0.05, 0.1) is 16.8 Å². The summed E-state index contributed by atoms with van der Waals surface area (Å²) in [6, 6.07) is 20.4. The Bertz CT molecular complexity index is 1290. The summed E-state index contributed by atoms with van der Waals surface area (Å²) < 4.78 is 1.92. The van der Waals surface area contributed by atoms with Crippen molar-refractivity contribution in [3.8, 4) is 5.69 Å². The second-order valence-electron chi connectivity index (χ2n) is 9.12. The standard InChI is InChI=1S/C27H30N6O/c1-19(2)27(34)32-16-14-31(15-17-32)25-24-20(3)30-33(22-12-8-5-9-13-22)26(24)29-23(28-25)18-21-10-6-4-7-11-21/h4-13,19H,14-18H2,1-3H3. The van der Waals surface area contributed by atoms with E-state index in [0.717, 1.165) is 47.1 Å². The number of hydrogen-bond donors (Lipinski definition) is 0. The summed E-state index contributed by atoms with van der Waals surface area (Å²) in [5.41, 5.74) is 3.87. The molecule has 0 spiro atoms. The van der Waals surface area contributed by atoms with Gasteiger partial charge in [0.15, 0.2) is 5.65 Å². The average Bonchev–Trinajstić information content (AvgIpc) is 3.20. The van der Waals surface area contributed by atoms with Crippen molar-refractivity contribution in [1.29, 1.82) is 0 Å². The first-order valence-corrected chi connectivity index (χ1v) is 11.9. The van der Waals surface area contributed by atoms with E-state index in [1.807, 2.05) is 78.9 Å². The summed E-state index contributed by atoms with van der Waals surface area (Å²) >= 11 is 0. The topological polar surface area (TPSA) is 67.2 Å². The maximum Gasteiger partial charge on any atom is 0.225 e. The molecule has 1 aliphatic heterocycles. The van der Waals surface area contributed by atoms with Crippen LogP contribution >= 0.6 is 0 Å². The molecule has 0 atom stereocenters. The number of amides is 1. The number of benzene rings is 2. The number of nitrogens with zero attached hydrogens (tertiary/aromatic N) is 6. The van der Waals surface area contributed by atoms with Crippen LogP contribution in [0, 0.1) is 12.8 Å². The molecule has 0 aliphatic carbocycles. The van der Waals surface area contributed by atoms with Gasteiger partial charge in [0.1, 0.15) is 11.6 Å². The van der Waals surface area contributed by atoms with Gasteiger partial charge in [0.25, 0.3) is 0 Å². The fraction of sp³-hybridized carbons (Fsp3) is 0.333. The van der Waals surface area contributed by atoms with E-state index in [9.17, 15) is 4.79 Å². The monoisotopic (exact) mass is 454 g/mol. The van der Waals surface area contributed by atoms with Crippen molar-refractivity contribution in [3.05, 3.63) is 77.7 Å². The normalized spacial score (nSPS) is 14.2. The summed E-state index contributed by atoms with van der Waals surface area (Å²) in [6.45, 7) is 8.81. The van der Waals surface area contributed by atoms with Crippen LogP contribution in [0.3, 0.4) is 0 Å². The highest BCUT2D eigenvalue weighted by atomic mass is 16.2. The first kappa shape index (κ1) is 22.1. The Kier molecular flexibility index (Phi) is 6.01. The van der Waals surface area contributed by atoms with Crippen LogP contribution in [0.5, 0.6) is 0 Å². The van der Waals surface area contributed by atoms with E-state index >= 15 is 0 Å². The molecule has 5 rings (SSSR count). The second kappa shape index (κ2) is 9.25. The minimum absolute atomic E-state index is 0.0149. The van der Waals surface area contributed by atoms with Crippen LogP contribution in [-0.2, 0) is 11.2 Å². The van der Waals surface area contributed by atoms with Crippen LogP contribution in [0.2, 0.25) is 0 Å². The van der Waals surface area contributed by atoms with Gasteiger partial charge in [-0.2, -0.15) is 5.10 Å². The lowest BCUT2D eigenvalue weighted by molar-refractivity contribution is -0.134. The van der Waals surface area contributed by atoms with Crippen LogP contribution in [0.1, 0.15) is 30.9 Å². The van der Waals surface area contributed by atoms with E-state index in [-0.39, 0.29) is 11.8 Å². The SMILES string of the molecule is Cc1nn(-c2ccccc2)c2nc(Cc3ccccc3)nc(N3CCN(C(=O)C(C)C)CC3)c12. The van der Waals surface area contributed by atoms with Gasteiger partial charge in [-0.3, -0.25) is 4.79 Å². The molecule has 3 heterocycles. The third-order valence-corrected chi connectivity index (χ3v) is 6.32. The van der Waals surface area contributed by atoms with Crippen molar-refractivity contribution in [2.24, 2.45) is 5.92 Å². The lowest BCUT2D eigenvalue weighted by atomic mass is 10.1. The minimum atomic E-state index is 0.0149. The number of hydrogen-bond acceptors (Lipinski definition) is 5. The molecule has 0 N–H and O–H groups in total. The Morgan fingerprint density at radius 3 is 2.21 bits per heavy atom. The summed E-state index contributed by atoms with van der Waals surface area (Å²) in [5, 5.41) is 5.83. The largest absolute Gasteiger partial charge is 0.352 e. The molecule has 2 aromatic carbocycles. The van der Waals surface area contributed by atoms with E-state index in [4.69, 9.17) is 15.1 Å². The van der Waals surface area contributed by atoms with Crippen molar-refractivity contribution in [2.75, 3.05) is 31.1 Å². The predicted octanol–water partition coefficient (Wildman–Crippen LogP) is 4.02. The molecular formula is C27H30N6O. The molecule has 1 amide bonds. The van der Waals surface area contributed by atoms with Crippen LogP contribution < -0.4 is 4.90 Å². The zero-order valence-electron chi connectivity index (χ0n) is 20.0. The molecule has 2 aromatic heterocycles. The third-order valence-electron chi connectivity index (χ3n) is 6.32. The third kappa shape index (κ3) is 4.25. The van der Waals surface area contributed by atoms with E-state index in [1.165, 1.54) is 5.56 Å². The lowest BCUT2D eigenvalue weighted by Crippen LogP contribution is -2.50. The zero-order valence-corrected chi connectivity index (χ0v) is 20.0. The molecule has 1 fully saturated rings. The highest BCUT2D eigenvalue weighted by molar-refractivity contribution is 5.91. The minimum Gasteiger partial charge on any atom is -0.352 e. The molecule has 174 valence electrons. The zero-order chi connectivity index (χ0) is 23.7. The Balaban J connectivity index is 1.57. The van der Waals surface area contributed by atoms with Gasteiger partial charge in [-0.25, -0.2) is 14.6 Å². The predicted molar refractivity (Wildman–Crippen MR) is 134 cm³/mol. The average molecular weight is 455 g/mol. The smallest absolute Gasteiger partial charge is 0.225 e. The molecule has 7 nitrogen and oxygen atoms in total. The van der Waals surface area contributed by atoms with Gasteiger partial charge >= 0.3 is 0 Å². The second-order valence-corrected chi connectivity index (χ2v) is 9.12. The number of rotatable bonds is 5. The number of piperazine rings is 1. The number of carbonyl (C=O) groups is 1. The highest BCUT2D eigenvalue weighted by Crippen LogP contribution is 2.30. The molecule has 0 radical (unpaired) electrons. The molecule has 4 aromatic rings. The molecule has 0 bridgehead atoms. The fourth-order valence-electron chi connectivity index (χ4n) is 4.54. The number of fused-ring (bicyclic) bond motifs is 1. The van der Waals surface area contributed by atoms with Gasteiger partial charge in [0, 0.05) is 38.5 Å². The van der Waals surface area contributed by atoms with Crippen LogP contribution in [0.25, 0.3) is 16.7 Å². The number of para-hydroxylation sites is 1. The van der Waals surface area contributed by atoms with Gasteiger partial charge in [-0.1, -0.05) is 62.4 Å². The first-order valence-electron chi connectivity index (χ1n) is 11.9. The Morgan fingerprint density at radius 2 is 1.56 bits per heavy atom. The van der Waals surface area contributed by atoms with Crippen LogP contribution in [0.15, 0.2) is 60.7 Å². The van der Waals surface area contributed by atoms with Crippen molar-refractivity contribution in [1.82, 2.24) is 24.6 Å². The Labute approximate surface area is 200 Å². The number of aryl methyl sites for hydroxylation is 1. The maximum absolute atomic E-state index is 12.5. The summed E-state index contributed by atoms with van der Waals surface area (Å²) in [4.78, 5) is 26.8. The summed E-state index contributed by atoms with van der Waals surface area (Å²) in [6.07, 6.45) is 0.647.